The van der Waals surface area contributed by atoms with E-state index in [2.05, 4.69) is 0 Å². The molecule has 152 valence electrons. The van der Waals surface area contributed by atoms with Crippen molar-refractivity contribution in [1.82, 2.24) is 0 Å². The number of halogens is 1. The smallest absolute Gasteiger partial charge is 0.504 e. The Morgan fingerprint density at radius 3 is 1.52 bits per heavy atom. The zero-order valence-electron chi connectivity index (χ0n) is 13.1. The van der Waals surface area contributed by atoms with Crippen LogP contribution in [0.3, 0.4) is 0 Å². The van der Waals surface area contributed by atoms with Crippen molar-refractivity contribution in [3.8, 4) is 17.2 Å². The summed E-state index contributed by atoms with van der Waals surface area (Å²) in [5.41, 5.74) is -4.36. The van der Waals surface area contributed by atoms with Crippen molar-refractivity contribution in [3.63, 3.8) is 0 Å². The fraction of sp³-hybridized carbons (Fsp3) is 0.400. The zero-order chi connectivity index (χ0) is 21.8. The molecule has 1 unspecified atom stereocenters. The maximum atomic E-state index is 13.8. The van der Waals surface area contributed by atoms with Crippen molar-refractivity contribution in [1.29, 1.82) is 0 Å². The molecule has 0 heterocycles. The molecule has 0 spiro atoms. The summed E-state index contributed by atoms with van der Waals surface area (Å²) in [6.07, 6.45) is -1.48. The van der Waals surface area contributed by atoms with Crippen LogP contribution in [-0.4, -0.2) is 53.8 Å². The molecule has 15 nitrogen and oxygen atoms in total. The van der Waals surface area contributed by atoms with Crippen molar-refractivity contribution in [2.45, 2.75) is 24.1 Å². The Morgan fingerprint density at radius 2 is 1.37 bits per heavy atom. The van der Waals surface area contributed by atoms with Crippen LogP contribution in [0.15, 0.2) is 18.2 Å². The number of benzene rings is 1. The van der Waals surface area contributed by atoms with Crippen LogP contribution in [0.2, 0.25) is 0 Å². The van der Waals surface area contributed by atoms with Crippen molar-refractivity contribution >= 4 is 10.1 Å². The second-order valence-corrected chi connectivity index (χ2v) is 6.11. The number of aromatic hydroxyl groups is 3. The van der Waals surface area contributed by atoms with Crippen LogP contribution in [0.4, 0.5) is 4.39 Å². The maximum Gasteiger partial charge on any atom is 0.622 e. The average molecular weight is 417 g/mol. The van der Waals surface area contributed by atoms with Gasteiger partial charge in [0.05, 0.1) is 4.92 Å². The number of rotatable bonds is 6. The summed E-state index contributed by atoms with van der Waals surface area (Å²) in [6, 6.07) is 4.01. The lowest BCUT2D eigenvalue weighted by Crippen LogP contribution is -2.68. The van der Waals surface area contributed by atoms with E-state index < -0.39 is 47.8 Å². The van der Waals surface area contributed by atoms with Crippen molar-refractivity contribution in [2.75, 3.05) is 0 Å². The van der Waals surface area contributed by atoms with Crippen LogP contribution in [0.1, 0.15) is 13.3 Å². The van der Waals surface area contributed by atoms with Gasteiger partial charge in [0.15, 0.2) is 17.2 Å². The predicted octanol–water partition coefficient (Wildman–Crippen LogP) is 0.237. The van der Waals surface area contributed by atoms with Gasteiger partial charge in [0, 0.05) is 0 Å². The van der Waals surface area contributed by atoms with E-state index >= 15 is 0 Å². The van der Waals surface area contributed by atoms with Crippen LogP contribution in [0.5, 0.6) is 17.2 Å². The molecule has 0 fully saturated rings. The number of phenolic OH excluding ortho intramolecular Hbond substituents is 3. The monoisotopic (exact) mass is 417 g/mol. The standard InChI is InChI=1S/C6H6O3.C4H6FN3O9S/c7-4-2-1-3-5(8)6(4)9;1-2-3(6(9)10,7(11)12)4(5,8(13)14)18(15,16)17/h1-3,7-9H;2H2,1H3,(H,15,16,17). The molecule has 1 aromatic carbocycles. The Kier molecular flexibility index (Phi) is 6.93. The Balaban J connectivity index is 0.000000621. The summed E-state index contributed by atoms with van der Waals surface area (Å²) in [7, 11) is -6.37. The predicted molar refractivity (Wildman–Crippen MR) is 80.8 cm³/mol. The molecule has 27 heavy (non-hydrogen) atoms. The normalized spacial score (nSPS) is 13.6. The minimum Gasteiger partial charge on any atom is -0.504 e. The van der Waals surface area contributed by atoms with Gasteiger partial charge in [-0.05, 0) is 12.1 Å². The summed E-state index contributed by atoms with van der Waals surface area (Å²) in [6.45, 7) is 0.592. The van der Waals surface area contributed by atoms with Gasteiger partial charge in [-0.3, -0.25) is 34.9 Å². The Labute approximate surface area is 148 Å². The third-order valence-corrected chi connectivity index (χ3v) is 4.32. The molecule has 0 amide bonds. The molecule has 0 bridgehead atoms. The number of phenols is 3. The van der Waals surface area contributed by atoms with E-state index in [-0.39, 0.29) is 11.5 Å². The highest BCUT2D eigenvalue weighted by Gasteiger charge is 2.90. The van der Waals surface area contributed by atoms with E-state index in [1.807, 2.05) is 0 Å². The number of nitro groups is 3. The fourth-order valence-corrected chi connectivity index (χ4v) is 2.63. The molecular formula is C10H12FN3O12S. The van der Waals surface area contributed by atoms with Gasteiger partial charge in [0.1, 0.15) is 16.3 Å². The van der Waals surface area contributed by atoms with Crippen molar-refractivity contribution in [2.24, 2.45) is 0 Å². The number of hydrogen-bond donors (Lipinski definition) is 4. The van der Waals surface area contributed by atoms with Gasteiger partial charge >= 0.3 is 20.9 Å². The van der Waals surface area contributed by atoms with Crippen LogP contribution < -0.4 is 0 Å². The third-order valence-electron chi connectivity index (χ3n) is 3.16. The van der Waals surface area contributed by atoms with Crippen LogP contribution in [-0.2, 0) is 10.1 Å². The van der Waals surface area contributed by atoms with E-state index in [0.717, 1.165) is 0 Å². The molecule has 0 saturated heterocycles. The minimum absolute atomic E-state index is 0.310. The molecule has 1 rings (SSSR count). The highest BCUT2D eigenvalue weighted by Crippen LogP contribution is 2.38. The zero-order valence-corrected chi connectivity index (χ0v) is 13.9. The van der Waals surface area contributed by atoms with Gasteiger partial charge in [-0.15, -0.1) is 4.39 Å². The SMILES string of the molecule is CCC([N+](=O)[O-])([N+](=O)[O-])C(F)([N+](=O)[O-])S(=O)(=O)O.Oc1cccc(O)c1O. The van der Waals surface area contributed by atoms with Crippen LogP contribution in [0.25, 0.3) is 0 Å². The van der Waals surface area contributed by atoms with Gasteiger partial charge in [-0.25, -0.2) is 0 Å². The third kappa shape index (κ3) is 3.92. The van der Waals surface area contributed by atoms with Gasteiger partial charge in [0.25, 0.3) is 0 Å². The Bertz CT molecular complexity index is 825. The summed E-state index contributed by atoms with van der Waals surface area (Å²) >= 11 is 0. The molecule has 17 heteroatoms. The van der Waals surface area contributed by atoms with E-state index in [4.69, 9.17) is 19.9 Å². The first-order chi connectivity index (χ1) is 12.1. The Hall–Kier alpha value is -3.34. The molecule has 0 aliphatic carbocycles. The van der Waals surface area contributed by atoms with Gasteiger partial charge in [0.2, 0.25) is 0 Å². The topological polar surface area (TPSA) is 244 Å². The number of nitrogens with zero attached hydrogens (tertiary/aromatic N) is 3. The molecule has 0 aliphatic rings. The molecule has 0 radical (unpaired) electrons. The maximum absolute atomic E-state index is 13.8. The van der Waals surface area contributed by atoms with Gasteiger partial charge < -0.3 is 15.3 Å². The fourth-order valence-electron chi connectivity index (χ4n) is 1.73. The summed E-state index contributed by atoms with van der Waals surface area (Å²) in [5, 5.41) is 52.2. The molecule has 4 N–H and O–H groups in total. The second kappa shape index (κ2) is 7.91. The van der Waals surface area contributed by atoms with Crippen LogP contribution in [0, 0.1) is 30.3 Å². The lowest BCUT2D eigenvalue weighted by Gasteiger charge is -2.20. The minimum atomic E-state index is -6.37. The average Bonchev–Trinajstić information content (AvgIpc) is 2.52. The van der Waals surface area contributed by atoms with E-state index in [0.29, 0.717) is 6.92 Å². The molecule has 1 atom stereocenters. The van der Waals surface area contributed by atoms with Gasteiger partial charge in [-0.1, -0.05) is 13.0 Å². The summed E-state index contributed by atoms with van der Waals surface area (Å²) in [5.74, 6) is -1.09. The molecule has 0 aliphatic heterocycles. The van der Waals surface area contributed by atoms with E-state index in [9.17, 15) is 43.2 Å². The van der Waals surface area contributed by atoms with Crippen molar-refractivity contribution < 1.29 is 47.5 Å². The van der Waals surface area contributed by atoms with Gasteiger partial charge in [-0.2, -0.15) is 8.42 Å². The van der Waals surface area contributed by atoms with E-state index in [1.165, 1.54) is 18.2 Å². The van der Waals surface area contributed by atoms with Crippen LogP contribution >= 0.6 is 0 Å². The largest absolute Gasteiger partial charge is 0.622 e. The first-order valence-corrected chi connectivity index (χ1v) is 7.84. The Morgan fingerprint density at radius 1 is 1.00 bits per heavy atom. The molecule has 0 saturated carbocycles. The summed E-state index contributed by atoms with van der Waals surface area (Å²) in [4.78, 5) is 24.9. The lowest BCUT2D eigenvalue weighted by molar-refractivity contribution is -0.852. The number of para-hydroxylation sites is 1. The second-order valence-electron chi connectivity index (χ2n) is 4.62. The number of hydrogen-bond acceptors (Lipinski definition) is 11. The molecular weight excluding hydrogens is 405 g/mol. The lowest BCUT2D eigenvalue weighted by atomic mass is 10.1. The molecule has 1 aromatic rings. The highest BCUT2D eigenvalue weighted by molar-refractivity contribution is 7.86. The van der Waals surface area contributed by atoms with E-state index in [1.54, 1.807) is 0 Å². The quantitative estimate of drug-likeness (QED) is 0.121. The number of alkyl halides is 1. The molecule has 0 aromatic heterocycles. The highest BCUT2D eigenvalue weighted by atomic mass is 32.2. The summed E-state index contributed by atoms with van der Waals surface area (Å²) < 4.78 is 43.5. The first kappa shape index (κ1) is 23.7. The first-order valence-electron chi connectivity index (χ1n) is 6.40. The van der Waals surface area contributed by atoms with Crippen molar-refractivity contribution in [3.05, 3.63) is 48.5 Å².